The predicted octanol–water partition coefficient (Wildman–Crippen LogP) is 4.86. The third-order valence-corrected chi connectivity index (χ3v) is 7.52. The van der Waals surface area contributed by atoms with Gasteiger partial charge in [-0.3, -0.25) is 4.98 Å². The Morgan fingerprint density at radius 2 is 1.82 bits per heavy atom. The average Bonchev–Trinajstić information content (AvgIpc) is 3.56. The van der Waals surface area contributed by atoms with Crippen LogP contribution in [0.5, 0.6) is 0 Å². The molecule has 1 N–H and O–H groups in total. The van der Waals surface area contributed by atoms with Crippen LogP contribution in [0, 0.1) is 0 Å². The van der Waals surface area contributed by atoms with E-state index in [1.807, 2.05) is 12.1 Å². The number of imidazole rings is 1. The van der Waals surface area contributed by atoms with E-state index in [-0.39, 0.29) is 33.3 Å². The van der Waals surface area contributed by atoms with E-state index in [2.05, 4.69) is 37.3 Å². The number of H-pyrrole nitrogens is 1. The van der Waals surface area contributed by atoms with Crippen LogP contribution in [-0.4, -0.2) is 39.3 Å². The summed E-state index contributed by atoms with van der Waals surface area (Å²) in [5, 5.41) is 7.28. The van der Waals surface area contributed by atoms with Crippen LogP contribution in [0.2, 0.25) is 0 Å². The van der Waals surface area contributed by atoms with Crippen molar-refractivity contribution in [3.63, 3.8) is 0 Å². The Morgan fingerprint density at radius 1 is 1.09 bits per heavy atom. The van der Waals surface area contributed by atoms with E-state index in [1.165, 1.54) is 18.4 Å². The molecule has 10 heteroatoms. The second kappa shape index (κ2) is 7.65. The molecule has 5 rings (SSSR count). The highest BCUT2D eigenvalue weighted by molar-refractivity contribution is 7.91. The molecular formula is C23H21F2N5O2S. The summed E-state index contributed by atoms with van der Waals surface area (Å²) in [6.07, 6.45) is 3.99. The van der Waals surface area contributed by atoms with Crippen LogP contribution in [0.25, 0.3) is 33.8 Å². The molecule has 0 saturated heterocycles. The highest BCUT2D eigenvalue weighted by atomic mass is 32.2. The Kier molecular flexibility index (Phi) is 5.00. The minimum absolute atomic E-state index is 0.0156. The normalized spacial score (nSPS) is 14.7. The average molecular weight is 470 g/mol. The van der Waals surface area contributed by atoms with E-state index in [0.29, 0.717) is 11.5 Å². The van der Waals surface area contributed by atoms with Gasteiger partial charge < -0.3 is 4.98 Å². The van der Waals surface area contributed by atoms with Crippen LogP contribution < -0.4 is 0 Å². The zero-order chi connectivity index (χ0) is 23.4. The molecule has 1 aliphatic rings. The van der Waals surface area contributed by atoms with Crippen LogP contribution in [0.3, 0.4) is 0 Å². The number of nitrogens with zero attached hydrogens (tertiary/aromatic N) is 4. The number of rotatable bonds is 6. The number of hydrogen-bond donors (Lipinski definition) is 1. The van der Waals surface area contributed by atoms with Crippen molar-refractivity contribution in [2.24, 2.45) is 0 Å². The summed E-state index contributed by atoms with van der Waals surface area (Å²) >= 11 is 0. The molecule has 4 aromatic rings. The number of sulfone groups is 1. The summed E-state index contributed by atoms with van der Waals surface area (Å²) in [6.45, 7) is 2.28. The van der Waals surface area contributed by atoms with Gasteiger partial charge in [-0.15, -0.1) is 10.2 Å². The molecule has 3 aromatic heterocycles. The Bertz CT molecular complexity index is 1460. The molecule has 3 heterocycles. The fourth-order valence-corrected chi connectivity index (χ4v) is 4.75. The lowest BCUT2D eigenvalue weighted by molar-refractivity contribution is 0.0120. The van der Waals surface area contributed by atoms with Crippen molar-refractivity contribution in [3.05, 3.63) is 53.9 Å². The van der Waals surface area contributed by atoms with Gasteiger partial charge in [-0.25, -0.2) is 13.4 Å². The number of aromatic amines is 1. The van der Waals surface area contributed by atoms with Gasteiger partial charge >= 0.3 is 0 Å². The lowest BCUT2D eigenvalue weighted by Gasteiger charge is -2.10. The molecule has 1 fully saturated rings. The minimum atomic E-state index is -3.67. The third-order valence-electron chi connectivity index (χ3n) is 5.78. The zero-order valence-electron chi connectivity index (χ0n) is 18.0. The van der Waals surface area contributed by atoms with Crippen LogP contribution in [0.15, 0.2) is 47.5 Å². The predicted molar refractivity (Wildman–Crippen MR) is 120 cm³/mol. The molecule has 0 unspecified atom stereocenters. The van der Waals surface area contributed by atoms with E-state index < -0.39 is 21.5 Å². The number of benzene rings is 1. The summed E-state index contributed by atoms with van der Waals surface area (Å²) in [5.74, 6) is -2.55. The molecule has 0 aliphatic heterocycles. The molecule has 170 valence electrons. The van der Waals surface area contributed by atoms with Crippen molar-refractivity contribution in [3.8, 4) is 22.6 Å². The highest BCUT2D eigenvalue weighted by Crippen LogP contribution is 2.40. The van der Waals surface area contributed by atoms with Gasteiger partial charge in [0.2, 0.25) is 0 Å². The lowest BCUT2D eigenvalue weighted by Crippen LogP contribution is -2.10. The first-order chi connectivity index (χ1) is 15.7. The number of hydrogen-bond acceptors (Lipinski definition) is 6. The van der Waals surface area contributed by atoms with Gasteiger partial charge in [-0.1, -0.05) is 31.2 Å². The quantitative estimate of drug-likeness (QED) is 0.433. The Hall–Kier alpha value is -3.27. The first-order valence-electron chi connectivity index (χ1n) is 10.6. The van der Waals surface area contributed by atoms with Crippen molar-refractivity contribution < 1.29 is 17.2 Å². The van der Waals surface area contributed by atoms with Crippen molar-refractivity contribution in [1.82, 2.24) is 25.1 Å². The fraction of sp³-hybridized carbons (Fsp3) is 0.304. The molecule has 0 spiro atoms. The molecule has 33 heavy (non-hydrogen) atoms. The third kappa shape index (κ3) is 4.10. The van der Waals surface area contributed by atoms with Crippen LogP contribution in [0.4, 0.5) is 8.78 Å². The maximum absolute atomic E-state index is 13.6. The topological polar surface area (TPSA) is 101 Å². The van der Waals surface area contributed by atoms with Crippen LogP contribution >= 0.6 is 0 Å². The molecule has 0 amide bonds. The molecule has 1 saturated carbocycles. The lowest BCUT2D eigenvalue weighted by atomic mass is 10.0. The number of nitrogens with one attached hydrogen (secondary N) is 1. The van der Waals surface area contributed by atoms with Gasteiger partial charge in [0, 0.05) is 18.7 Å². The number of fused-ring (bicyclic) bond motifs is 1. The molecule has 1 aromatic carbocycles. The van der Waals surface area contributed by atoms with Crippen molar-refractivity contribution in [2.45, 2.75) is 43.4 Å². The van der Waals surface area contributed by atoms with Crippen molar-refractivity contribution >= 4 is 21.0 Å². The minimum Gasteiger partial charge on any atom is -0.335 e. The fourth-order valence-electron chi connectivity index (χ4n) is 3.69. The van der Waals surface area contributed by atoms with Gasteiger partial charge in [0.25, 0.3) is 5.92 Å². The Morgan fingerprint density at radius 3 is 2.45 bits per heavy atom. The number of alkyl halides is 2. The number of halogens is 2. The van der Waals surface area contributed by atoms with E-state index in [4.69, 9.17) is 0 Å². The van der Waals surface area contributed by atoms with E-state index >= 15 is 0 Å². The van der Waals surface area contributed by atoms with Gasteiger partial charge in [-0.2, -0.15) is 8.78 Å². The van der Waals surface area contributed by atoms with E-state index in [0.717, 1.165) is 18.6 Å². The molecule has 1 aliphatic carbocycles. The second-order valence-corrected chi connectivity index (χ2v) is 10.6. The van der Waals surface area contributed by atoms with Crippen molar-refractivity contribution in [2.75, 3.05) is 5.75 Å². The standard InChI is InChI=1S/C23H21F2N5O2S/c1-3-33(31,32)18-10-16(15-8-6-14(7-9-15)13-4-5-13)12-26-20(18)22-27-17-11-19(23(2,24)25)29-30-21(17)28-22/h6-13H,3-5H2,1-2H3,(H,27,28,30). The van der Waals surface area contributed by atoms with Gasteiger partial charge in [0.1, 0.15) is 11.4 Å². The van der Waals surface area contributed by atoms with Crippen molar-refractivity contribution in [1.29, 1.82) is 0 Å². The highest BCUT2D eigenvalue weighted by Gasteiger charge is 2.28. The zero-order valence-corrected chi connectivity index (χ0v) is 18.8. The summed E-state index contributed by atoms with van der Waals surface area (Å²) in [4.78, 5) is 11.5. The molecule has 0 bridgehead atoms. The first kappa shape index (κ1) is 21.6. The molecular weight excluding hydrogens is 448 g/mol. The van der Waals surface area contributed by atoms with Gasteiger partial charge in [-0.05, 0) is 42.0 Å². The molecule has 7 nitrogen and oxygen atoms in total. The Balaban J connectivity index is 1.61. The number of aromatic nitrogens is 5. The maximum Gasteiger partial charge on any atom is 0.288 e. The Labute approximate surface area is 189 Å². The number of pyridine rings is 1. The second-order valence-electron chi connectivity index (χ2n) is 8.31. The molecule has 0 radical (unpaired) electrons. The summed E-state index contributed by atoms with van der Waals surface area (Å²) in [7, 11) is -3.67. The maximum atomic E-state index is 13.6. The van der Waals surface area contributed by atoms with Crippen LogP contribution in [-0.2, 0) is 15.8 Å². The van der Waals surface area contributed by atoms with E-state index in [1.54, 1.807) is 19.2 Å². The molecule has 0 atom stereocenters. The van der Waals surface area contributed by atoms with Gasteiger partial charge in [0.15, 0.2) is 21.3 Å². The first-order valence-corrected chi connectivity index (χ1v) is 12.3. The monoisotopic (exact) mass is 469 g/mol. The SMILES string of the molecule is CCS(=O)(=O)c1cc(-c2ccc(C3CC3)cc2)cnc1-c1nc2nnc(C(C)(F)F)cc2[nH]1. The van der Waals surface area contributed by atoms with Gasteiger partial charge in [0.05, 0.1) is 16.2 Å². The smallest absolute Gasteiger partial charge is 0.288 e. The summed E-state index contributed by atoms with van der Waals surface area (Å²) in [6, 6.07) is 10.8. The van der Waals surface area contributed by atoms with E-state index in [9.17, 15) is 17.2 Å². The summed E-state index contributed by atoms with van der Waals surface area (Å²) in [5.41, 5.74) is 2.72. The van der Waals surface area contributed by atoms with Crippen LogP contribution in [0.1, 0.15) is 43.9 Å². The summed E-state index contributed by atoms with van der Waals surface area (Å²) < 4.78 is 53.1. The largest absolute Gasteiger partial charge is 0.335 e.